The fourth-order valence-corrected chi connectivity index (χ4v) is 2.40. The van der Waals surface area contributed by atoms with Crippen molar-refractivity contribution in [3.05, 3.63) is 0 Å². The van der Waals surface area contributed by atoms with Gasteiger partial charge in [0, 0.05) is 19.1 Å². The number of halogens is 2. The predicted molar refractivity (Wildman–Crippen MR) is 66.7 cm³/mol. The molecule has 0 bridgehead atoms. The van der Waals surface area contributed by atoms with Crippen molar-refractivity contribution < 1.29 is 28.6 Å². The molecule has 2 N–H and O–H groups in total. The molecule has 1 aliphatic rings. The fourth-order valence-electron chi connectivity index (χ4n) is 2.40. The standard InChI is InChI=1S/C12H20F2N2O4/c13-10(14)8-15(5-6-17)12(20)16-4-2-1-3-9(16)7-11(18)19/h9-10,17H,1-8H2,(H,18,19). The molecule has 2 amide bonds. The van der Waals surface area contributed by atoms with Gasteiger partial charge in [0.05, 0.1) is 19.6 Å². The number of carbonyl (C=O) groups excluding carboxylic acids is 1. The molecule has 1 saturated heterocycles. The Hall–Kier alpha value is -1.44. The van der Waals surface area contributed by atoms with Gasteiger partial charge in [0.2, 0.25) is 0 Å². The lowest BCUT2D eigenvalue weighted by Gasteiger charge is -2.38. The van der Waals surface area contributed by atoms with Crippen molar-refractivity contribution in [2.24, 2.45) is 0 Å². The molecule has 6 nitrogen and oxygen atoms in total. The van der Waals surface area contributed by atoms with Gasteiger partial charge in [-0.3, -0.25) is 4.79 Å². The van der Waals surface area contributed by atoms with Crippen LogP contribution in [-0.2, 0) is 4.79 Å². The van der Waals surface area contributed by atoms with Crippen molar-refractivity contribution in [1.29, 1.82) is 0 Å². The smallest absolute Gasteiger partial charge is 0.320 e. The fraction of sp³-hybridized carbons (Fsp3) is 0.833. The molecule has 0 spiro atoms. The van der Waals surface area contributed by atoms with Crippen LogP contribution in [0.15, 0.2) is 0 Å². The quantitative estimate of drug-likeness (QED) is 0.765. The first kappa shape index (κ1) is 16.6. The van der Waals surface area contributed by atoms with E-state index in [1.165, 1.54) is 4.90 Å². The van der Waals surface area contributed by atoms with Crippen LogP contribution >= 0.6 is 0 Å². The minimum atomic E-state index is -2.69. The van der Waals surface area contributed by atoms with Crippen LogP contribution in [0.4, 0.5) is 13.6 Å². The van der Waals surface area contributed by atoms with Crippen molar-refractivity contribution in [1.82, 2.24) is 9.80 Å². The van der Waals surface area contributed by atoms with Crippen molar-refractivity contribution in [3.63, 3.8) is 0 Å². The maximum Gasteiger partial charge on any atom is 0.320 e. The molecule has 0 saturated carbocycles. The van der Waals surface area contributed by atoms with Gasteiger partial charge in [0.1, 0.15) is 0 Å². The number of likely N-dealkylation sites (tertiary alicyclic amines) is 1. The third kappa shape index (κ3) is 4.92. The zero-order chi connectivity index (χ0) is 15.1. The highest BCUT2D eigenvalue weighted by Gasteiger charge is 2.32. The van der Waals surface area contributed by atoms with E-state index in [0.717, 1.165) is 17.7 Å². The van der Waals surface area contributed by atoms with Gasteiger partial charge in [-0.25, -0.2) is 13.6 Å². The Morgan fingerprint density at radius 1 is 1.35 bits per heavy atom. The topological polar surface area (TPSA) is 81.1 Å². The van der Waals surface area contributed by atoms with Gasteiger partial charge >= 0.3 is 12.0 Å². The van der Waals surface area contributed by atoms with Crippen molar-refractivity contribution >= 4 is 12.0 Å². The van der Waals surface area contributed by atoms with Crippen LogP contribution in [0, 0.1) is 0 Å². The van der Waals surface area contributed by atoms with E-state index in [1.807, 2.05) is 0 Å². The molecule has 20 heavy (non-hydrogen) atoms. The minimum absolute atomic E-state index is 0.181. The molecule has 1 aliphatic heterocycles. The number of aliphatic carboxylic acids is 1. The average Bonchev–Trinajstić information content (AvgIpc) is 2.37. The number of carboxylic acid groups (broad SMARTS) is 1. The molecule has 0 aliphatic carbocycles. The maximum atomic E-state index is 12.5. The number of piperidine rings is 1. The number of aliphatic hydroxyl groups is 1. The Labute approximate surface area is 116 Å². The summed E-state index contributed by atoms with van der Waals surface area (Å²) in [4.78, 5) is 25.3. The Bertz CT molecular complexity index is 341. The van der Waals surface area contributed by atoms with E-state index in [9.17, 15) is 18.4 Å². The Morgan fingerprint density at radius 3 is 2.60 bits per heavy atom. The Kier molecular flexibility index (Phi) is 6.63. The highest BCUT2D eigenvalue weighted by Crippen LogP contribution is 2.21. The molecule has 116 valence electrons. The number of urea groups is 1. The van der Waals surface area contributed by atoms with Crippen LogP contribution in [0.2, 0.25) is 0 Å². The maximum absolute atomic E-state index is 12.5. The van der Waals surface area contributed by atoms with E-state index in [4.69, 9.17) is 10.2 Å². The molecule has 1 unspecified atom stereocenters. The highest BCUT2D eigenvalue weighted by atomic mass is 19.3. The van der Waals surface area contributed by atoms with E-state index in [2.05, 4.69) is 0 Å². The monoisotopic (exact) mass is 294 g/mol. The summed E-state index contributed by atoms with van der Waals surface area (Å²) in [5, 5.41) is 17.7. The van der Waals surface area contributed by atoms with Crippen LogP contribution in [0.1, 0.15) is 25.7 Å². The van der Waals surface area contributed by atoms with Crippen LogP contribution in [0.5, 0.6) is 0 Å². The molecule has 1 fully saturated rings. The Balaban J connectivity index is 2.74. The molecule has 0 aromatic rings. The predicted octanol–water partition coefficient (Wildman–Crippen LogP) is 0.995. The van der Waals surface area contributed by atoms with Gasteiger partial charge in [0.15, 0.2) is 0 Å². The normalized spacial score (nSPS) is 19.2. The third-order valence-corrected chi connectivity index (χ3v) is 3.28. The van der Waals surface area contributed by atoms with E-state index in [-0.39, 0.29) is 13.0 Å². The summed E-state index contributed by atoms with van der Waals surface area (Å²) in [6, 6.07) is -1.09. The van der Waals surface area contributed by atoms with Gasteiger partial charge in [-0.05, 0) is 19.3 Å². The highest BCUT2D eigenvalue weighted by molar-refractivity contribution is 5.76. The van der Waals surface area contributed by atoms with Crippen LogP contribution in [-0.4, -0.2) is 70.7 Å². The number of aliphatic hydroxyl groups excluding tert-OH is 1. The zero-order valence-electron chi connectivity index (χ0n) is 11.2. The summed E-state index contributed by atoms with van der Waals surface area (Å²) >= 11 is 0. The number of hydrogen-bond donors (Lipinski definition) is 2. The molecule has 1 rings (SSSR count). The van der Waals surface area contributed by atoms with E-state index in [0.29, 0.717) is 13.0 Å². The van der Waals surface area contributed by atoms with Crippen molar-refractivity contribution in [3.8, 4) is 0 Å². The largest absolute Gasteiger partial charge is 0.481 e. The van der Waals surface area contributed by atoms with Gasteiger partial charge in [0.25, 0.3) is 6.43 Å². The van der Waals surface area contributed by atoms with Gasteiger partial charge in [-0.15, -0.1) is 0 Å². The minimum Gasteiger partial charge on any atom is -0.481 e. The van der Waals surface area contributed by atoms with E-state index in [1.54, 1.807) is 0 Å². The van der Waals surface area contributed by atoms with Crippen LogP contribution < -0.4 is 0 Å². The number of nitrogens with zero attached hydrogens (tertiary/aromatic N) is 2. The summed E-state index contributed by atoms with van der Waals surface area (Å²) in [5.41, 5.74) is 0. The first-order valence-corrected chi connectivity index (χ1v) is 6.62. The third-order valence-electron chi connectivity index (χ3n) is 3.28. The number of hydrogen-bond acceptors (Lipinski definition) is 3. The molecular weight excluding hydrogens is 274 g/mol. The number of carbonyl (C=O) groups is 2. The zero-order valence-corrected chi connectivity index (χ0v) is 11.2. The summed E-state index contributed by atoms with van der Waals surface area (Å²) < 4.78 is 24.9. The summed E-state index contributed by atoms with van der Waals surface area (Å²) in [5.74, 6) is -1.02. The second kappa shape index (κ2) is 7.98. The summed E-state index contributed by atoms with van der Waals surface area (Å²) in [7, 11) is 0. The Morgan fingerprint density at radius 2 is 2.05 bits per heavy atom. The van der Waals surface area contributed by atoms with Crippen molar-refractivity contribution in [2.45, 2.75) is 38.2 Å². The molecular formula is C12H20F2N2O4. The molecule has 0 aromatic heterocycles. The van der Waals surface area contributed by atoms with Crippen LogP contribution in [0.25, 0.3) is 0 Å². The van der Waals surface area contributed by atoms with Gasteiger partial charge in [-0.1, -0.05) is 0 Å². The van der Waals surface area contributed by atoms with Crippen LogP contribution in [0.3, 0.4) is 0 Å². The first-order valence-electron chi connectivity index (χ1n) is 6.62. The number of rotatable bonds is 6. The second-order valence-corrected chi connectivity index (χ2v) is 4.78. The lowest BCUT2D eigenvalue weighted by Crippen LogP contribution is -2.52. The number of amides is 2. The van der Waals surface area contributed by atoms with E-state index < -0.39 is 37.6 Å². The SMILES string of the molecule is O=C(O)CC1CCCCN1C(=O)N(CCO)CC(F)F. The summed E-state index contributed by atoms with van der Waals surface area (Å²) in [6.07, 6.45) is -0.777. The second-order valence-electron chi connectivity index (χ2n) is 4.78. The number of carboxylic acids is 1. The van der Waals surface area contributed by atoms with Gasteiger partial charge < -0.3 is 20.0 Å². The van der Waals surface area contributed by atoms with Gasteiger partial charge in [-0.2, -0.15) is 0 Å². The number of alkyl halides is 2. The van der Waals surface area contributed by atoms with Crippen molar-refractivity contribution in [2.75, 3.05) is 26.2 Å². The molecule has 0 radical (unpaired) electrons. The first-order chi connectivity index (χ1) is 9.45. The summed E-state index contributed by atoms with van der Waals surface area (Å²) in [6.45, 7) is -0.979. The lowest BCUT2D eigenvalue weighted by molar-refractivity contribution is -0.138. The van der Waals surface area contributed by atoms with E-state index >= 15 is 0 Å². The lowest BCUT2D eigenvalue weighted by atomic mass is 10.00. The molecule has 8 heteroatoms. The average molecular weight is 294 g/mol. The molecule has 0 aromatic carbocycles. The molecule has 1 heterocycles. The molecule has 1 atom stereocenters.